The average molecular weight is 499 g/mol. The molecule has 3 saturated carbocycles. The molecule has 0 aliphatic heterocycles. The molecule has 4 aliphatic carbocycles. The van der Waals surface area contributed by atoms with Crippen molar-refractivity contribution in [2.75, 3.05) is 5.94 Å². The number of ketones is 1. The van der Waals surface area contributed by atoms with Crippen molar-refractivity contribution in [3.05, 3.63) is 23.8 Å². The Morgan fingerprint density at radius 2 is 1.97 bits per heavy atom. The van der Waals surface area contributed by atoms with Crippen molar-refractivity contribution in [2.45, 2.75) is 71.0 Å². The van der Waals surface area contributed by atoms with Crippen LogP contribution in [0.15, 0.2) is 23.8 Å². The molecule has 0 amide bonds. The number of esters is 1. The van der Waals surface area contributed by atoms with Crippen molar-refractivity contribution < 1.29 is 38.1 Å². The molecule has 0 aromatic heterocycles. The van der Waals surface area contributed by atoms with Crippen molar-refractivity contribution in [1.82, 2.24) is 0 Å². The van der Waals surface area contributed by atoms with Gasteiger partial charge in [0.15, 0.2) is 16.6 Å². The largest absolute Gasteiger partial charge is 0.457 e. The molecule has 188 valence electrons. The van der Waals surface area contributed by atoms with Gasteiger partial charge >= 0.3 is 5.97 Å². The zero-order valence-corrected chi connectivity index (χ0v) is 20.6. The van der Waals surface area contributed by atoms with Gasteiger partial charge in [-0.15, -0.1) is 0 Å². The summed E-state index contributed by atoms with van der Waals surface area (Å²) in [6.07, 6.45) is -0.330. The predicted octanol–water partition coefficient (Wildman–Crippen LogP) is 3.31. The third-order valence-corrected chi connectivity index (χ3v) is 9.67. The Bertz CT molecular complexity index is 965. The maximum absolute atomic E-state index is 17.7. The Morgan fingerprint density at radius 1 is 1.29 bits per heavy atom. The Morgan fingerprint density at radius 3 is 2.59 bits per heavy atom. The molecule has 6 nitrogen and oxygen atoms in total. The second-order valence-electron chi connectivity index (χ2n) is 10.8. The van der Waals surface area contributed by atoms with Crippen molar-refractivity contribution in [3.63, 3.8) is 0 Å². The number of aliphatic hydroxyl groups is 2. The molecule has 0 bridgehead atoms. The van der Waals surface area contributed by atoms with Gasteiger partial charge < -0.3 is 14.9 Å². The highest BCUT2D eigenvalue weighted by atomic mass is 32.2. The van der Waals surface area contributed by atoms with Gasteiger partial charge in [-0.2, -0.15) is 0 Å². The van der Waals surface area contributed by atoms with Crippen LogP contribution in [0.25, 0.3) is 0 Å². The number of ether oxygens (including phenoxy) is 1. The highest BCUT2D eigenvalue weighted by Crippen LogP contribution is 2.70. The topological polar surface area (TPSA) is 101 Å². The fraction of sp³-hybridized carbons (Fsp3) is 0.720. The summed E-state index contributed by atoms with van der Waals surface area (Å²) in [6, 6.07) is 0. The molecule has 0 spiro atoms. The van der Waals surface area contributed by atoms with E-state index in [4.69, 9.17) is 4.74 Å². The van der Waals surface area contributed by atoms with Gasteiger partial charge in [0.2, 0.25) is 0 Å². The molecule has 9 heteroatoms. The number of halogens is 2. The van der Waals surface area contributed by atoms with Gasteiger partial charge in [-0.05, 0) is 68.1 Å². The van der Waals surface area contributed by atoms with Gasteiger partial charge in [-0.1, -0.05) is 31.7 Å². The minimum absolute atomic E-state index is 0.0114. The lowest BCUT2D eigenvalue weighted by atomic mass is 9.45. The van der Waals surface area contributed by atoms with E-state index < -0.39 is 58.5 Å². The molecule has 0 saturated heterocycles. The van der Waals surface area contributed by atoms with E-state index in [9.17, 15) is 24.6 Å². The number of allylic oxidation sites excluding steroid dienone is 4. The minimum Gasteiger partial charge on any atom is -0.457 e. The number of carbonyl (C=O) groups is 3. The third kappa shape index (κ3) is 3.45. The van der Waals surface area contributed by atoms with Crippen LogP contribution in [0.3, 0.4) is 0 Å². The second kappa shape index (κ2) is 8.52. The number of aliphatic hydroxyl groups excluding tert-OH is 2. The summed E-state index contributed by atoms with van der Waals surface area (Å²) in [5.41, 5.74) is -4.53. The van der Waals surface area contributed by atoms with Crippen LogP contribution < -0.4 is 0 Å². The quantitative estimate of drug-likeness (QED) is 0.453. The molecule has 34 heavy (non-hydrogen) atoms. The lowest BCUT2D eigenvalue weighted by molar-refractivity contribution is -0.221. The van der Waals surface area contributed by atoms with E-state index in [1.807, 2.05) is 13.8 Å². The summed E-state index contributed by atoms with van der Waals surface area (Å²) < 4.78 is 38.9. The molecule has 3 fully saturated rings. The maximum Gasteiger partial charge on any atom is 0.335 e. The van der Waals surface area contributed by atoms with Crippen LogP contribution in [0, 0.1) is 34.5 Å². The third-order valence-electron chi connectivity index (χ3n) is 9.00. The van der Waals surface area contributed by atoms with Gasteiger partial charge in [0.05, 0.1) is 5.94 Å². The van der Waals surface area contributed by atoms with Crippen LogP contribution in [0.2, 0.25) is 0 Å². The first kappa shape index (κ1) is 25.5. The zero-order chi connectivity index (χ0) is 25.2. The summed E-state index contributed by atoms with van der Waals surface area (Å²) in [6.45, 7) is 6.54. The summed E-state index contributed by atoms with van der Waals surface area (Å²) in [5.74, 6) is -3.71. The molecular formula is C25H32F2O6S. The number of thioether (sulfide) groups is 1. The van der Waals surface area contributed by atoms with Crippen molar-refractivity contribution >= 4 is 28.6 Å². The van der Waals surface area contributed by atoms with Crippen LogP contribution in [-0.4, -0.2) is 57.1 Å². The second-order valence-corrected chi connectivity index (χ2v) is 11.8. The van der Waals surface area contributed by atoms with Gasteiger partial charge in [-0.3, -0.25) is 9.59 Å². The van der Waals surface area contributed by atoms with E-state index in [1.165, 1.54) is 26.0 Å². The van der Waals surface area contributed by atoms with Gasteiger partial charge in [0.1, 0.15) is 18.4 Å². The number of hydrogen-bond donors (Lipinski definition) is 2. The SMILES string of the molecule is CC(O)C(=O)O[C@H]1C[C@]2(C)[C@H](C(=O)SCO)[C@H](C)C[C@H]2[C@@H]2C[C@H](F)C3=CC(=O)C=C[C@]3(C)[C@@]12F. The number of fused-ring (bicyclic) bond motifs is 5. The smallest absolute Gasteiger partial charge is 0.335 e. The normalized spacial score (nSPS) is 46.1. The summed E-state index contributed by atoms with van der Waals surface area (Å²) in [4.78, 5) is 37.5. The first-order valence-corrected chi connectivity index (χ1v) is 12.7. The number of carbonyl (C=O) groups excluding carboxylic acids is 3. The standard InChI is InChI=1S/C25H32F2O6S/c1-12-7-15-16-9-18(26)17-8-14(30)5-6-24(17,4)25(16,27)19(33-21(31)13(2)29)10-23(15,3)20(12)22(32)34-11-28/h5-6,8,12-13,15-16,18-20,28-29H,7,9-11H2,1-4H3/t12-,13?,15+,16+,18+,19+,20+,23+,24+,25+/m1/s1. The Kier molecular flexibility index (Phi) is 6.39. The predicted molar refractivity (Wildman–Crippen MR) is 122 cm³/mol. The maximum atomic E-state index is 17.7. The molecule has 2 N–H and O–H groups in total. The number of rotatable bonds is 4. The number of alkyl halides is 2. The lowest BCUT2D eigenvalue weighted by Crippen LogP contribution is -2.69. The van der Waals surface area contributed by atoms with Crippen molar-refractivity contribution in [1.29, 1.82) is 0 Å². The summed E-state index contributed by atoms with van der Waals surface area (Å²) >= 11 is 0.797. The summed E-state index contributed by atoms with van der Waals surface area (Å²) in [5, 5.41) is 18.9. The Hall–Kier alpha value is -1.58. The molecule has 10 atom stereocenters. The first-order chi connectivity index (χ1) is 15.8. The first-order valence-electron chi connectivity index (χ1n) is 11.8. The molecule has 0 aromatic carbocycles. The fourth-order valence-corrected chi connectivity index (χ4v) is 8.36. The van der Waals surface area contributed by atoms with Gasteiger partial charge in [0, 0.05) is 17.3 Å². The zero-order valence-electron chi connectivity index (χ0n) is 19.8. The fourth-order valence-electron chi connectivity index (χ4n) is 7.56. The van der Waals surface area contributed by atoms with Crippen molar-refractivity contribution in [2.24, 2.45) is 34.5 Å². The molecule has 4 rings (SSSR count). The van der Waals surface area contributed by atoms with Crippen LogP contribution in [-0.2, 0) is 19.1 Å². The van der Waals surface area contributed by atoms with E-state index in [1.54, 1.807) is 0 Å². The highest BCUT2D eigenvalue weighted by Gasteiger charge is 2.74. The van der Waals surface area contributed by atoms with Crippen LogP contribution in [0.5, 0.6) is 0 Å². The lowest BCUT2D eigenvalue weighted by Gasteiger charge is -2.62. The molecule has 0 heterocycles. The van der Waals surface area contributed by atoms with E-state index in [0.717, 1.165) is 17.8 Å². The van der Waals surface area contributed by atoms with E-state index in [0.29, 0.717) is 6.42 Å². The highest BCUT2D eigenvalue weighted by molar-refractivity contribution is 8.13. The molecular weight excluding hydrogens is 466 g/mol. The monoisotopic (exact) mass is 498 g/mol. The van der Waals surface area contributed by atoms with E-state index >= 15 is 8.78 Å². The molecule has 0 radical (unpaired) electrons. The van der Waals surface area contributed by atoms with Crippen LogP contribution in [0.1, 0.15) is 47.0 Å². The average Bonchev–Trinajstić information content (AvgIpc) is 3.01. The molecule has 4 aliphatic rings. The van der Waals surface area contributed by atoms with Gasteiger partial charge in [-0.25, -0.2) is 13.6 Å². The van der Waals surface area contributed by atoms with E-state index in [2.05, 4.69) is 0 Å². The minimum atomic E-state index is -2.24. The van der Waals surface area contributed by atoms with Crippen LogP contribution in [0.4, 0.5) is 8.78 Å². The summed E-state index contributed by atoms with van der Waals surface area (Å²) in [7, 11) is 0. The van der Waals surface area contributed by atoms with Crippen LogP contribution >= 0.6 is 11.8 Å². The molecule has 1 unspecified atom stereocenters. The van der Waals surface area contributed by atoms with Gasteiger partial charge in [0.25, 0.3) is 0 Å². The van der Waals surface area contributed by atoms with E-state index in [-0.39, 0.29) is 41.3 Å². The Labute approximate surface area is 202 Å². The molecule has 0 aromatic rings. The number of hydrogen-bond acceptors (Lipinski definition) is 7. The van der Waals surface area contributed by atoms with Crippen molar-refractivity contribution in [3.8, 4) is 0 Å². The Balaban J connectivity index is 1.87.